The first-order chi connectivity index (χ1) is 9.49. The maximum Gasteiger partial charge on any atom is 0.259 e. The summed E-state index contributed by atoms with van der Waals surface area (Å²) in [6, 6.07) is 7.71. The van der Waals surface area contributed by atoms with Crippen molar-refractivity contribution >= 4 is 11.7 Å². The highest BCUT2D eigenvalue weighted by atomic mass is 19.1. The van der Waals surface area contributed by atoms with Gasteiger partial charge in [0, 0.05) is 11.8 Å². The van der Waals surface area contributed by atoms with Crippen molar-refractivity contribution in [2.45, 2.75) is 13.8 Å². The van der Waals surface area contributed by atoms with Gasteiger partial charge in [-0.2, -0.15) is 0 Å². The molecule has 1 aromatic carbocycles. The molecule has 1 aromatic heterocycles. The van der Waals surface area contributed by atoms with Gasteiger partial charge < -0.3 is 10.1 Å². The molecule has 0 saturated carbocycles. The van der Waals surface area contributed by atoms with Gasteiger partial charge in [-0.15, -0.1) is 0 Å². The van der Waals surface area contributed by atoms with Crippen molar-refractivity contribution in [2.75, 3.05) is 12.4 Å². The number of nitrogens with zero attached hydrogens (tertiary/aromatic N) is 1. The molecule has 20 heavy (non-hydrogen) atoms. The third-order valence-corrected chi connectivity index (χ3v) is 2.76. The van der Waals surface area contributed by atoms with E-state index in [0.717, 1.165) is 11.3 Å². The predicted molar refractivity (Wildman–Crippen MR) is 74.6 cm³/mol. The van der Waals surface area contributed by atoms with E-state index in [1.165, 1.54) is 25.3 Å². The van der Waals surface area contributed by atoms with E-state index in [-0.39, 0.29) is 5.56 Å². The van der Waals surface area contributed by atoms with Crippen LogP contribution in [0.25, 0.3) is 0 Å². The molecule has 0 bridgehead atoms. The number of methoxy groups -OCH3 is 1. The van der Waals surface area contributed by atoms with E-state index in [1.807, 2.05) is 19.9 Å². The number of hydrogen-bond donors (Lipinski definition) is 1. The summed E-state index contributed by atoms with van der Waals surface area (Å²) in [5.41, 5.74) is 1.71. The third kappa shape index (κ3) is 3.12. The number of carbonyl (C=O) groups is 1. The van der Waals surface area contributed by atoms with Crippen LogP contribution in [0.5, 0.6) is 5.75 Å². The quantitative estimate of drug-likeness (QED) is 0.935. The molecule has 2 rings (SSSR count). The number of amides is 1. The third-order valence-electron chi connectivity index (χ3n) is 2.76. The molecule has 1 heterocycles. The molecule has 2 aromatic rings. The predicted octanol–water partition coefficient (Wildman–Crippen LogP) is 3.10. The molecular formula is C15H15FN2O2. The minimum atomic E-state index is -0.633. The van der Waals surface area contributed by atoms with Crippen LogP contribution in [0.4, 0.5) is 10.2 Å². The Morgan fingerprint density at radius 2 is 2.00 bits per heavy atom. The number of anilines is 1. The molecule has 104 valence electrons. The number of halogens is 1. The summed E-state index contributed by atoms with van der Waals surface area (Å²) in [5, 5.41) is 2.59. The summed E-state index contributed by atoms with van der Waals surface area (Å²) in [5.74, 6) is -0.403. The van der Waals surface area contributed by atoms with Gasteiger partial charge in [-0.05, 0) is 43.7 Å². The molecule has 0 aliphatic rings. The first-order valence-electron chi connectivity index (χ1n) is 6.10. The van der Waals surface area contributed by atoms with Gasteiger partial charge >= 0.3 is 0 Å². The van der Waals surface area contributed by atoms with Crippen molar-refractivity contribution in [1.29, 1.82) is 0 Å². The molecule has 0 unspecified atom stereocenters. The zero-order valence-electron chi connectivity index (χ0n) is 11.5. The summed E-state index contributed by atoms with van der Waals surface area (Å²) in [6.07, 6.45) is 0. The highest BCUT2D eigenvalue weighted by Gasteiger charge is 2.13. The van der Waals surface area contributed by atoms with Gasteiger partial charge in [-0.25, -0.2) is 9.37 Å². The van der Waals surface area contributed by atoms with Crippen molar-refractivity contribution < 1.29 is 13.9 Å². The number of pyridine rings is 1. The summed E-state index contributed by atoms with van der Waals surface area (Å²) < 4.78 is 18.7. The van der Waals surface area contributed by atoms with Gasteiger partial charge in [-0.3, -0.25) is 4.79 Å². The minimum Gasteiger partial charge on any atom is -0.497 e. The number of benzene rings is 1. The Morgan fingerprint density at radius 1 is 1.25 bits per heavy atom. The Balaban J connectivity index is 2.23. The van der Waals surface area contributed by atoms with Crippen LogP contribution in [-0.4, -0.2) is 18.0 Å². The smallest absolute Gasteiger partial charge is 0.259 e. The Labute approximate surface area is 116 Å². The highest BCUT2D eigenvalue weighted by molar-refractivity contribution is 6.04. The van der Waals surface area contributed by atoms with E-state index in [0.29, 0.717) is 11.6 Å². The van der Waals surface area contributed by atoms with Crippen LogP contribution in [0.2, 0.25) is 0 Å². The van der Waals surface area contributed by atoms with E-state index < -0.39 is 11.7 Å². The fourth-order valence-electron chi connectivity index (χ4n) is 1.90. The molecule has 0 radical (unpaired) electrons. The van der Waals surface area contributed by atoms with Crippen LogP contribution in [-0.2, 0) is 0 Å². The molecule has 5 heteroatoms. The average Bonchev–Trinajstić information content (AvgIpc) is 2.36. The fourth-order valence-corrected chi connectivity index (χ4v) is 1.90. The van der Waals surface area contributed by atoms with E-state index in [9.17, 15) is 9.18 Å². The van der Waals surface area contributed by atoms with Crippen molar-refractivity contribution in [1.82, 2.24) is 4.98 Å². The molecule has 1 N–H and O–H groups in total. The van der Waals surface area contributed by atoms with Crippen molar-refractivity contribution in [3.8, 4) is 5.75 Å². The van der Waals surface area contributed by atoms with Gasteiger partial charge in [0.05, 0.1) is 12.7 Å². The lowest BCUT2D eigenvalue weighted by atomic mass is 10.2. The van der Waals surface area contributed by atoms with Crippen LogP contribution >= 0.6 is 0 Å². The van der Waals surface area contributed by atoms with Crippen LogP contribution in [0, 0.1) is 19.7 Å². The Kier molecular flexibility index (Phi) is 3.98. The maximum atomic E-state index is 13.8. The summed E-state index contributed by atoms with van der Waals surface area (Å²) in [6.45, 7) is 3.73. The number of ether oxygens (including phenoxy) is 1. The fraction of sp³-hybridized carbons (Fsp3) is 0.200. The molecule has 0 aliphatic heterocycles. The monoisotopic (exact) mass is 274 g/mol. The number of hydrogen-bond acceptors (Lipinski definition) is 3. The number of carbonyl (C=O) groups excluding carboxylic acids is 1. The second-order valence-electron chi connectivity index (χ2n) is 4.47. The van der Waals surface area contributed by atoms with E-state index in [2.05, 4.69) is 10.3 Å². The van der Waals surface area contributed by atoms with Crippen molar-refractivity contribution in [3.05, 3.63) is 53.0 Å². The molecule has 0 atom stereocenters. The molecule has 0 saturated heterocycles. The molecule has 0 fully saturated rings. The SMILES string of the molecule is COc1ccc(C(=O)Nc2cc(C)cc(C)n2)c(F)c1. The molecule has 1 amide bonds. The van der Waals surface area contributed by atoms with Crippen molar-refractivity contribution in [3.63, 3.8) is 0 Å². The summed E-state index contributed by atoms with van der Waals surface area (Å²) in [7, 11) is 1.44. The molecule has 0 aliphatic carbocycles. The second-order valence-corrected chi connectivity index (χ2v) is 4.47. The largest absolute Gasteiger partial charge is 0.497 e. The zero-order valence-corrected chi connectivity index (χ0v) is 11.5. The van der Waals surface area contributed by atoms with Crippen LogP contribution in [0.15, 0.2) is 30.3 Å². The number of rotatable bonds is 3. The average molecular weight is 274 g/mol. The Bertz CT molecular complexity index is 636. The van der Waals surface area contributed by atoms with Gasteiger partial charge in [0.15, 0.2) is 0 Å². The standard InChI is InChI=1S/C15H15FN2O2/c1-9-6-10(2)17-14(7-9)18-15(19)12-5-4-11(20-3)8-13(12)16/h4-8H,1-3H3,(H,17,18,19). The van der Waals surface area contributed by atoms with Crippen LogP contribution < -0.4 is 10.1 Å². The lowest BCUT2D eigenvalue weighted by Crippen LogP contribution is -2.15. The van der Waals surface area contributed by atoms with Gasteiger partial charge in [0.25, 0.3) is 5.91 Å². The minimum absolute atomic E-state index is 0.0493. The normalized spacial score (nSPS) is 10.2. The number of nitrogens with one attached hydrogen (secondary N) is 1. The highest BCUT2D eigenvalue weighted by Crippen LogP contribution is 2.18. The maximum absolute atomic E-state index is 13.8. The Morgan fingerprint density at radius 3 is 2.60 bits per heavy atom. The van der Waals surface area contributed by atoms with Crippen molar-refractivity contribution in [2.24, 2.45) is 0 Å². The lowest BCUT2D eigenvalue weighted by Gasteiger charge is -2.08. The van der Waals surface area contributed by atoms with E-state index in [1.54, 1.807) is 6.07 Å². The topological polar surface area (TPSA) is 51.2 Å². The van der Waals surface area contributed by atoms with Gasteiger partial charge in [-0.1, -0.05) is 0 Å². The first-order valence-corrected chi connectivity index (χ1v) is 6.10. The first kappa shape index (κ1) is 14.0. The summed E-state index contributed by atoms with van der Waals surface area (Å²) >= 11 is 0. The molecular weight excluding hydrogens is 259 g/mol. The number of aromatic nitrogens is 1. The van der Waals surface area contributed by atoms with Crippen LogP contribution in [0.3, 0.4) is 0 Å². The molecule has 0 spiro atoms. The van der Waals surface area contributed by atoms with Gasteiger partial charge in [0.1, 0.15) is 17.4 Å². The van der Waals surface area contributed by atoms with E-state index in [4.69, 9.17) is 4.74 Å². The molecule has 4 nitrogen and oxygen atoms in total. The summed E-state index contributed by atoms with van der Waals surface area (Å²) in [4.78, 5) is 16.2. The van der Waals surface area contributed by atoms with Gasteiger partial charge in [0.2, 0.25) is 0 Å². The number of aryl methyl sites for hydroxylation is 2. The zero-order chi connectivity index (χ0) is 14.7. The van der Waals surface area contributed by atoms with E-state index >= 15 is 0 Å². The van der Waals surface area contributed by atoms with Crippen LogP contribution in [0.1, 0.15) is 21.6 Å². The lowest BCUT2D eigenvalue weighted by molar-refractivity contribution is 0.102. The second kappa shape index (κ2) is 5.69. The Hall–Kier alpha value is -2.43.